The molecule has 8 heteroatoms. The van der Waals surface area contributed by atoms with Gasteiger partial charge in [-0.05, 0) is 50.7 Å². The first-order valence-electron chi connectivity index (χ1n) is 9.39. The van der Waals surface area contributed by atoms with Crippen LogP contribution in [0.4, 0.5) is 14.5 Å². The molecular formula is C20H24F2N2O4. The maximum atomic E-state index is 15.1. The van der Waals surface area contributed by atoms with Gasteiger partial charge >= 0.3 is 5.97 Å². The van der Waals surface area contributed by atoms with Crippen LogP contribution in [0.1, 0.15) is 57.1 Å². The summed E-state index contributed by atoms with van der Waals surface area (Å²) >= 11 is 0. The Hall–Kier alpha value is -2.51. The van der Waals surface area contributed by atoms with Crippen LogP contribution in [0.5, 0.6) is 0 Å². The summed E-state index contributed by atoms with van der Waals surface area (Å²) in [5, 5.41) is 11.4. The van der Waals surface area contributed by atoms with Crippen molar-refractivity contribution in [2.45, 2.75) is 51.4 Å². The third-order valence-electron chi connectivity index (χ3n) is 5.53. The minimum atomic E-state index is -1.27. The van der Waals surface area contributed by atoms with Gasteiger partial charge in [0, 0.05) is 12.1 Å². The number of nitrogens with zero attached hydrogens (tertiary/aromatic N) is 1. The Morgan fingerprint density at radius 1 is 1.36 bits per heavy atom. The average Bonchev–Trinajstić information content (AvgIpc) is 3.42. The standard InChI is InChI=1S/C20H24F2N2O4/c1-10(18(26)27)6-7-23-14(25)9-24-17-13(21)8-12(11-4-5-11)16(22)15(17)20(2,3)19(24)28/h8,10-11H,4-7,9H2,1-3H3,(H,23,25)(H,26,27)/t10-/m1/s1. The minimum Gasteiger partial charge on any atom is -0.481 e. The van der Waals surface area contributed by atoms with E-state index in [-0.39, 0.29) is 30.1 Å². The van der Waals surface area contributed by atoms with Crippen molar-refractivity contribution in [3.63, 3.8) is 0 Å². The molecule has 2 amide bonds. The highest BCUT2D eigenvalue weighted by Crippen LogP contribution is 2.50. The number of amides is 2. The monoisotopic (exact) mass is 394 g/mol. The van der Waals surface area contributed by atoms with E-state index in [4.69, 9.17) is 5.11 Å². The number of anilines is 1. The van der Waals surface area contributed by atoms with Crippen molar-refractivity contribution in [3.05, 3.63) is 28.8 Å². The SMILES string of the molecule is C[C@H](CCNC(=O)CN1C(=O)C(C)(C)c2c(F)c(C3CC3)cc(F)c21)C(=O)O. The van der Waals surface area contributed by atoms with E-state index < -0.39 is 47.3 Å². The van der Waals surface area contributed by atoms with Gasteiger partial charge in [-0.25, -0.2) is 8.78 Å². The summed E-state index contributed by atoms with van der Waals surface area (Å²) in [4.78, 5) is 36.9. The van der Waals surface area contributed by atoms with E-state index in [0.717, 1.165) is 23.8 Å². The van der Waals surface area contributed by atoms with Crippen LogP contribution in [-0.2, 0) is 19.8 Å². The van der Waals surface area contributed by atoms with Gasteiger partial charge in [0.25, 0.3) is 0 Å². The number of benzene rings is 1. The molecule has 1 heterocycles. The van der Waals surface area contributed by atoms with E-state index in [9.17, 15) is 18.8 Å². The number of aliphatic carboxylic acids is 1. The molecule has 1 saturated carbocycles. The number of carboxylic acids is 1. The Morgan fingerprint density at radius 2 is 2.00 bits per heavy atom. The summed E-state index contributed by atoms with van der Waals surface area (Å²) in [6, 6.07) is 1.14. The molecule has 1 atom stereocenters. The topological polar surface area (TPSA) is 86.7 Å². The Labute approximate surface area is 161 Å². The van der Waals surface area contributed by atoms with Crippen LogP contribution in [-0.4, -0.2) is 36.0 Å². The first-order valence-corrected chi connectivity index (χ1v) is 9.39. The maximum absolute atomic E-state index is 15.1. The van der Waals surface area contributed by atoms with Crippen LogP contribution < -0.4 is 10.2 Å². The van der Waals surface area contributed by atoms with E-state index in [2.05, 4.69) is 5.32 Å². The van der Waals surface area contributed by atoms with Crippen molar-refractivity contribution in [1.29, 1.82) is 0 Å². The third-order valence-corrected chi connectivity index (χ3v) is 5.53. The molecule has 0 unspecified atom stereocenters. The molecular weight excluding hydrogens is 370 g/mol. The first kappa shape index (κ1) is 20.2. The lowest BCUT2D eigenvalue weighted by atomic mass is 9.84. The molecule has 1 aliphatic heterocycles. The number of halogens is 2. The predicted octanol–water partition coefficient (Wildman–Crippen LogP) is 2.69. The summed E-state index contributed by atoms with van der Waals surface area (Å²) in [6.45, 7) is 4.24. The van der Waals surface area contributed by atoms with Gasteiger partial charge < -0.3 is 10.4 Å². The number of carbonyl (C=O) groups is 3. The first-order chi connectivity index (χ1) is 13.1. The molecule has 0 spiro atoms. The zero-order valence-corrected chi connectivity index (χ0v) is 16.1. The number of hydrogen-bond acceptors (Lipinski definition) is 3. The Morgan fingerprint density at radius 3 is 2.57 bits per heavy atom. The Kier molecular flexibility index (Phi) is 5.16. The molecule has 28 heavy (non-hydrogen) atoms. The fraction of sp³-hybridized carbons (Fsp3) is 0.550. The van der Waals surface area contributed by atoms with Gasteiger partial charge in [0.05, 0.1) is 17.0 Å². The molecule has 1 aromatic carbocycles. The van der Waals surface area contributed by atoms with Gasteiger partial charge in [-0.1, -0.05) is 6.92 Å². The van der Waals surface area contributed by atoms with Crippen molar-refractivity contribution >= 4 is 23.5 Å². The van der Waals surface area contributed by atoms with Gasteiger partial charge in [-0.2, -0.15) is 0 Å². The lowest BCUT2D eigenvalue weighted by Crippen LogP contribution is -2.43. The molecule has 1 aromatic rings. The molecule has 1 aliphatic carbocycles. The molecule has 2 aliphatic rings. The second-order valence-corrected chi connectivity index (χ2v) is 8.15. The smallest absolute Gasteiger partial charge is 0.306 e. The summed E-state index contributed by atoms with van der Waals surface area (Å²) in [6.07, 6.45) is 1.82. The number of carboxylic acid groups (broad SMARTS) is 1. The lowest BCUT2D eigenvalue weighted by molar-refractivity contribution is -0.141. The molecule has 0 radical (unpaired) electrons. The minimum absolute atomic E-state index is 0.00620. The molecule has 0 aromatic heterocycles. The molecule has 0 bridgehead atoms. The second-order valence-electron chi connectivity index (χ2n) is 8.15. The van der Waals surface area contributed by atoms with Crippen LogP contribution >= 0.6 is 0 Å². The van der Waals surface area contributed by atoms with Gasteiger partial charge in [0.2, 0.25) is 11.8 Å². The molecule has 3 rings (SSSR count). The van der Waals surface area contributed by atoms with Crippen LogP contribution in [0.25, 0.3) is 0 Å². The van der Waals surface area contributed by atoms with Gasteiger partial charge in [0.15, 0.2) is 0 Å². The Bertz CT molecular complexity index is 849. The van der Waals surface area contributed by atoms with Crippen LogP contribution in [0, 0.1) is 17.6 Å². The molecule has 152 valence electrons. The number of rotatable bonds is 7. The molecule has 1 fully saturated rings. The summed E-state index contributed by atoms with van der Waals surface area (Å²) < 4.78 is 29.9. The van der Waals surface area contributed by atoms with E-state index in [1.807, 2.05) is 0 Å². The zero-order valence-electron chi connectivity index (χ0n) is 16.1. The largest absolute Gasteiger partial charge is 0.481 e. The summed E-state index contributed by atoms with van der Waals surface area (Å²) in [5.74, 6) is -3.97. The number of hydrogen-bond donors (Lipinski definition) is 2. The number of fused-ring (bicyclic) bond motifs is 1. The van der Waals surface area contributed by atoms with E-state index >= 15 is 4.39 Å². The van der Waals surface area contributed by atoms with Gasteiger partial charge in [-0.3, -0.25) is 19.3 Å². The van der Waals surface area contributed by atoms with Crippen LogP contribution in [0.3, 0.4) is 0 Å². The van der Waals surface area contributed by atoms with Crippen molar-refractivity contribution < 1.29 is 28.3 Å². The highest BCUT2D eigenvalue weighted by Gasteiger charge is 2.49. The van der Waals surface area contributed by atoms with E-state index in [1.165, 1.54) is 20.8 Å². The predicted molar refractivity (Wildman–Crippen MR) is 98.1 cm³/mol. The zero-order chi connectivity index (χ0) is 20.8. The number of nitrogens with one attached hydrogen (secondary N) is 1. The van der Waals surface area contributed by atoms with Gasteiger partial charge in [0.1, 0.15) is 18.2 Å². The average molecular weight is 394 g/mol. The highest BCUT2D eigenvalue weighted by molar-refractivity contribution is 6.10. The normalized spacial score (nSPS) is 18.8. The summed E-state index contributed by atoms with van der Waals surface area (Å²) in [7, 11) is 0. The van der Waals surface area contributed by atoms with Crippen LogP contribution in [0.15, 0.2) is 6.07 Å². The highest BCUT2D eigenvalue weighted by atomic mass is 19.1. The van der Waals surface area contributed by atoms with Crippen LogP contribution in [0.2, 0.25) is 0 Å². The van der Waals surface area contributed by atoms with Crippen molar-refractivity contribution in [1.82, 2.24) is 5.32 Å². The van der Waals surface area contributed by atoms with Crippen molar-refractivity contribution in [2.24, 2.45) is 5.92 Å². The number of carbonyl (C=O) groups excluding carboxylic acids is 2. The van der Waals surface area contributed by atoms with E-state index in [1.54, 1.807) is 0 Å². The summed E-state index contributed by atoms with van der Waals surface area (Å²) in [5.41, 5.74) is -1.15. The third kappa shape index (κ3) is 3.47. The Balaban J connectivity index is 1.81. The van der Waals surface area contributed by atoms with Crippen molar-refractivity contribution in [3.8, 4) is 0 Å². The maximum Gasteiger partial charge on any atom is 0.306 e. The quantitative estimate of drug-likeness (QED) is 0.745. The van der Waals surface area contributed by atoms with E-state index in [0.29, 0.717) is 5.56 Å². The molecule has 0 saturated heterocycles. The fourth-order valence-corrected chi connectivity index (χ4v) is 3.61. The fourth-order valence-electron chi connectivity index (χ4n) is 3.61. The second kappa shape index (κ2) is 7.14. The van der Waals surface area contributed by atoms with Gasteiger partial charge in [-0.15, -0.1) is 0 Å². The van der Waals surface area contributed by atoms with Crippen molar-refractivity contribution in [2.75, 3.05) is 18.0 Å². The molecule has 2 N–H and O–H groups in total. The molecule has 6 nitrogen and oxygen atoms in total. The lowest BCUT2D eigenvalue weighted by Gasteiger charge is -2.20.